The molecule has 0 aliphatic carbocycles. The van der Waals surface area contributed by atoms with Gasteiger partial charge in [0.1, 0.15) is 11.4 Å². The van der Waals surface area contributed by atoms with Gasteiger partial charge in [-0.1, -0.05) is 30.3 Å². The molecule has 0 aliphatic heterocycles. The number of aryl methyl sites for hydroxylation is 1. The number of aromatic nitrogens is 4. The summed E-state index contributed by atoms with van der Waals surface area (Å²) in [6.07, 6.45) is 7.38. The van der Waals surface area contributed by atoms with Crippen LogP contribution in [0.4, 0.5) is 0 Å². The Morgan fingerprint density at radius 1 is 1.03 bits per heavy atom. The summed E-state index contributed by atoms with van der Waals surface area (Å²) in [5.74, 6) is 1.60. The third-order valence-electron chi connectivity index (χ3n) is 6.27. The van der Waals surface area contributed by atoms with Gasteiger partial charge in [0.2, 0.25) is 0 Å². The van der Waals surface area contributed by atoms with Gasteiger partial charge in [-0.15, -0.1) is 0 Å². The van der Waals surface area contributed by atoms with E-state index in [1.807, 2.05) is 78.7 Å². The second-order valence-corrected chi connectivity index (χ2v) is 8.23. The minimum absolute atomic E-state index is 0.188. The fraction of sp³-hybridized carbons (Fsp3) is 0.185. The van der Waals surface area contributed by atoms with Crippen molar-refractivity contribution in [1.29, 1.82) is 0 Å². The Balaban J connectivity index is 1.53. The smallest absolute Gasteiger partial charge is 0.256 e. The Kier molecular flexibility index (Phi) is 6.01. The molecule has 0 fully saturated rings. The number of nitrogens with one attached hydrogen (secondary N) is 2. The van der Waals surface area contributed by atoms with Gasteiger partial charge in [0.15, 0.2) is 11.5 Å². The van der Waals surface area contributed by atoms with Crippen molar-refractivity contribution in [2.24, 2.45) is 7.05 Å². The quantitative estimate of drug-likeness (QED) is 0.355. The van der Waals surface area contributed by atoms with Crippen molar-refractivity contribution in [2.75, 3.05) is 20.8 Å². The highest BCUT2D eigenvalue weighted by Crippen LogP contribution is 2.40. The molecule has 178 valence electrons. The SMILES string of the molecule is COc1cccc(C(CNC(=O)c2cnn(C)c2-n2cccc2)c2c[nH]c3ccccc23)c1OC. The maximum Gasteiger partial charge on any atom is 0.256 e. The largest absolute Gasteiger partial charge is 0.493 e. The average Bonchev–Trinajstić information content (AvgIpc) is 3.64. The molecule has 5 aromatic rings. The molecule has 8 heteroatoms. The zero-order valence-electron chi connectivity index (χ0n) is 19.9. The molecule has 1 amide bonds. The lowest BCUT2D eigenvalue weighted by atomic mass is 9.89. The van der Waals surface area contributed by atoms with Crippen molar-refractivity contribution >= 4 is 16.8 Å². The molecule has 3 heterocycles. The molecule has 0 bridgehead atoms. The molecule has 8 nitrogen and oxygen atoms in total. The van der Waals surface area contributed by atoms with E-state index >= 15 is 0 Å². The van der Waals surface area contributed by atoms with Crippen LogP contribution < -0.4 is 14.8 Å². The predicted octanol–water partition coefficient (Wildman–Crippen LogP) is 4.27. The van der Waals surface area contributed by atoms with Crippen LogP contribution in [0.1, 0.15) is 27.4 Å². The number of H-pyrrole nitrogens is 1. The van der Waals surface area contributed by atoms with E-state index in [1.54, 1.807) is 25.1 Å². The number of benzene rings is 2. The van der Waals surface area contributed by atoms with Gasteiger partial charge in [0.25, 0.3) is 5.91 Å². The lowest BCUT2D eigenvalue weighted by molar-refractivity contribution is 0.0952. The second kappa shape index (κ2) is 9.42. The van der Waals surface area contributed by atoms with Gasteiger partial charge in [0, 0.05) is 54.6 Å². The van der Waals surface area contributed by atoms with Crippen LogP contribution in [-0.2, 0) is 7.05 Å². The number of rotatable bonds is 8. The Morgan fingerprint density at radius 2 is 1.83 bits per heavy atom. The van der Waals surface area contributed by atoms with Crippen molar-refractivity contribution in [3.05, 3.63) is 96.1 Å². The topological polar surface area (TPSA) is 86.1 Å². The van der Waals surface area contributed by atoms with Gasteiger partial charge < -0.3 is 24.3 Å². The number of para-hydroxylation sites is 2. The molecule has 0 radical (unpaired) electrons. The third-order valence-corrected chi connectivity index (χ3v) is 6.27. The van der Waals surface area contributed by atoms with Gasteiger partial charge in [-0.05, 0) is 29.8 Å². The van der Waals surface area contributed by atoms with Gasteiger partial charge in [-0.25, -0.2) is 0 Å². The van der Waals surface area contributed by atoms with Crippen LogP contribution in [0.2, 0.25) is 0 Å². The number of nitrogens with zero attached hydrogens (tertiary/aromatic N) is 3. The fourth-order valence-electron chi connectivity index (χ4n) is 4.62. The summed E-state index contributed by atoms with van der Waals surface area (Å²) < 4.78 is 14.9. The number of fused-ring (bicyclic) bond motifs is 1. The van der Waals surface area contributed by atoms with Crippen molar-refractivity contribution in [2.45, 2.75) is 5.92 Å². The summed E-state index contributed by atoms with van der Waals surface area (Å²) in [5.41, 5.74) is 3.51. The van der Waals surface area contributed by atoms with E-state index in [2.05, 4.69) is 21.5 Å². The minimum Gasteiger partial charge on any atom is -0.493 e. The second-order valence-electron chi connectivity index (χ2n) is 8.23. The van der Waals surface area contributed by atoms with Crippen LogP contribution in [0, 0.1) is 0 Å². The number of aromatic amines is 1. The first-order valence-electron chi connectivity index (χ1n) is 11.3. The van der Waals surface area contributed by atoms with Crippen LogP contribution >= 0.6 is 0 Å². The molecule has 5 rings (SSSR count). The summed E-state index contributed by atoms with van der Waals surface area (Å²) in [7, 11) is 5.07. The van der Waals surface area contributed by atoms with Crippen LogP contribution in [0.25, 0.3) is 16.7 Å². The molecule has 35 heavy (non-hydrogen) atoms. The monoisotopic (exact) mass is 469 g/mol. The number of methoxy groups -OCH3 is 2. The van der Waals surface area contributed by atoms with Gasteiger partial charge in [-0.3, -0.25) is 9.48 Å². The molecule has 0 spiro atoms. The number of amides is 1. The first-order valence-corrected chi connectivity index (χ1v) is 11.3. The molecular weight excluding hydrogens is 442 g/mol. The summed E-state index contributed by atoms with van der Waals surface area (Å²) in [6.45, 7) is 0.351. The first-order chi connectivity index (χ1) is 17.1. The van der Waals surface area contributed by atoms with Crippen LogP contribution in [0.15, 0.2) is 79.4 Å². The normalized spacial score (nSPS) is 12.0. The molecule has 2 N–H and O–H groups in total. The molecule has 0 saturated heterocycles. The maximum absolute atomic E-state index is 13.4. The zero-order chi connectivity index (χ0) is 24.4. The van der Waals surface area contributed by atoms with Gasteiger partial charge in [-0.2, -0.15) is 5.10 Å². The van der Waals surface area contributed by atoms with E-state index < -0.39 is 0 Å². The summed E-state index contributed by atoms with van der Waals surface area (Å²) in [4.78, 5) is 16.7. The van der Waals surface area contributed by atoms with Crippen LogP contribution in [0.3, 0.4) is 0 Å². The third kappa shape index (κ3) is 4.03. The number of ether oxygens (including phenoxy) is 2. The van der Waals surface area contributed by atoms with E-state index in [4.69, 9.17) is 9.47 Å². The fourth-order valence-corrected chi connectivity index (χ4v) is 4.62. The molecule has 1 atom stereocenters. The summed E-state index contributed by atoms with van der Waals surface area (Å²) >= 11 is 0. The lowest BCUT2D eigenvalue weighted by Crippen LogP contribution is -2.29. The standard InChI is InChI=1S/C27H27N5O3/c1-31-27(32-13-6-7-14-32)22(17-30-31)26(33)29-16-21(19-10-8-12-24(34-2)25(19)35-3)20-15-28-23-11-5-4-9-18(20)23/h4-15,17,21,28H,16H2,1-3H3,(H,29,33). The van der Waals surface area contributed by atoms with Crippen molar-refractivity contribution in [3.8, 4) is 17.3 Å². The first kappa shape index (κ1) is 22.3. The van der Waals surface area contributed by atoms with Crippen molar-refractivity contribution in [1.82, 2.24) is 24.6 Å². The van der Waals surface area contributed by atoms with E-state index in [-0.39, 0.29) is 11.8 Å². The Bertz CT molecular complexity index is 1470. The molecule has 3 aromatic heterocycles. The highest BCUT2D eigenvalue weighted by atomic mass is 16.5. The van der Waals surface area contributed by atoms with E-state index in [0.717, 1.165) is 22.0 Å². The molecule has 0 aliphatic rings. The molecule has 2 aromatic carbocycles. The van der Waals surface area contributed by atoms with E-state index in [0.29, 0.717) is 29.4 Å². The lowest BCUT2D eigenvalue weighted by Gasteiger charge is -2.22. The Labute approximate surface area is 203 Å². The van der Waals surface area contributed by atoms with Crippen molar-refractivity contribution < 1.29 is 14.3 Å². The Morgan fingerprint density at radius 3 is 2.60 bits per heavy atom. The average molecular weight is 470 g/mol. The predicted molar refractivity (Wildman–Crippen MR) is 135 cm³/mol. The summed E-state index contributed by atoms with van der Waals surface area (Å²) in [6, 6.07) is 17.8. The minimum atomic E-state index is -0.200. The Hall–Kier alpha value is -4.46. The molecular formula is C27H27N5O3. The number of hydrogen-bond donors (Lipinski definition) is 2. The zero-order valence-corrected chi connectivity index (χ0v) is 19.9. The number of carbonyl (C=O) groups is 1. The van der Waals surface area contributed by atoms with Crippen LogP contribution in [-0.4, -0.2) is 46.0 Å². The number of carbonyl (C=O) groups excluding carboxylic acids is 1. The van der Waals surface area contributed by atoms with E-state index in [1.165, 1.54) is 0 Å². The molecule has 0 saturated carbocycles. The molecule has 1 unspecified atom stereocenters. The van der Waals surface area contributed by atoms with Gasteiger partial charge >= 0.3 is 0 Å². The van der Waals surface area contributed by atoms with Gasteiger partial charge in [0.05, 0.1) is 20.4 Å². The van der Waals surface area contributed by atoms with Crippen LogP contribution in [0.5, 0.6) is 11.5 Å². The van der Waals surface area contributed by atoms with E-state index in [9.17, 15) is 4.79 Å². The summed E-state index contributed by atoms with van der Waals surface area (Å²) in [5, 5.41) is 8.54. The number of hydrogen-bond acceptors (Lipinski definition) is 4. The van der Waals surface area contributed by atoms with Crippen molar-refractivity contribution in [3.63, 3.8) is 0 Å². The maximum atomic E-state index is 13.4. The highest BCUT2D eigenvalue weighted by Gasteiger charge is 2.25. The highest BCUT2D eigenvalue weighted by molar-refractivity contribution is 5.97.